The Morgan fingerprint density at radius 1 is 0.857 bits per heavy atom. The Hall–Kier alpha value is 0.528. The van der Waals surface area contributed by atoms with Crippen molar-refractivity contribution < 1.29 is 21.1 Å². The molecule has 8 N–H and O–H groups in total. The third-order valence-corrected chi connectivity index (χ3v) is 1.79. The van der Waals surface area contributed by atoms with Crippen molar-refractivity contribution in [1.29, 1.82) is 0 Å². The van der Waals surface area contributed by atoms with Crippen LogP contribution in [0.5, 0.6) is 0 Å². The van der Waals surface area contributed by atoms with Gasteiger partial charge in [0.25, 0.3) is 0 Å². The Morgan fingerprint density at radius 3 is 1.71 bits per heavy atom. The van der Waals surface area contributed by atoms with Gasteiger partial charge in [-0.1, -0.05) is 32.1 Å². The summed E-state index contributed by atoms with van der Waals surface area (Å²) >= 11 is 0. The van der Waals surface area contributed by atoms with Crippen LogP contribution >= 0.6 is 0 Å². The summed E-state index contributed by atoms with van der Waals surface area (Å²) in [5.41, 5.74) is 10.8. The summed E-state index contributed by atoms with van der Waals surface area (Å²) in [5, 5.41) is 0. The van der Waals surface area contributed by atoms with E-state index in [-0.39, 0.29) is 39.5 Å². The second-order valence-corrected chi connectivity index (χ2v) is 3.07. The van der Waals surface area contributed by atoms with E-state index in [0.717, 1.165) is 12.8 Å². The Bertz CT molecular complexity index is 81.2. The van der Waals surface area contributed by atoms with Gasteiger partial charge in [-0.05, 0) is 6.42 Å². The summed E-state index contributed by atoms with van der Waals surface area (Å²) in [6.07, 6.45) is 8.24. The van der Waals surface area contributed by atoms with Gasteiger partial charge < -0.3 is 30.7 Å². The minimum Gasteiger partial charge on any atom is -0.693 e. The van der Waals surface area contributed by atoms with Crippen LogP contribution < -0.4 is 11.5 Å². The van der Waals surface area contributed by atoms with E-state index >= 15 is 0 Å². The van der Waals surface area contributed by atoms with Crippen LogP contribution in [0.3, 0.4) is 0 Å². The van der Waals surface area contributed by atoms with Gasteiger partial charge in [0.1, 0.15) is 0 Å². The Morgan fingerprint density at radius 2 is 1.29 bits per heavy atom. The Kier molecular flexibility index (Phi) is 32.8. The first-order valence-corrected chi connectivity index (χ1v) is 4.57. The second kappa shape index (κ2) is 19.2. The molecule has 0 aliphatic rings. The maximum absolute atomic E-state index is 5.40. The summed E-state index contributed by atoms with van der Waals surface area (Å²) in [6, 6.07) is 0. The van der Waals surface area contributed by atoms with Crippen molar-refractivity contribution >= 4 is 0 Å². The van der Waals surface area contributed by atoms with Gasteiger partial charge in [0.15, 0.2) is 0 Å². The second-order valence-electron chi connectivity index (χ2n) is 3.07. The average molecular weight is 384 g/mol. The molecule has 94 valence electrons. The standard InChI is InChI=1S/C9H21N2.2H2N.Pt/c1-2-3-4-5-6-7-8-9(10)11;;;/h9H,1-8,10-11H2;2*1H2;/q3*-1;. The van der Waals surface area contributed by atoms with E-state index in [1.807, 2.05) is 0 Å². The minimum absolute atomic E-state index is 0. The monoisotopic (exact) mass is 384 g/mol. The van der Waals surface area contributed by atoms with E-state index in [4.69, 9.17) is 11.5 Å². The first-order chi connectivity index (χ1) is 5.27. The SMILES string of the molecule is [CH2-]CCCCCCCC(N)N.[NH2-].[NH2-].[Pt]. The predicted octanol–water partition coefficient (Wildman–Crippen LogP) is 3.23. The van der Waals surface area contributed by atoms with Gasteiger partial charge in [0, 0.05) is 21.1 Å². The molecule has 0 radical (unpaired) electrons. The number of nitrogens with two attached hydrogens (primary N) is 4. The van der Waals surface area contributed by atoms with E-state index < -0.39 is 0 Å². The third-order valence-electron chi connectivity index (χ3n) is 1.79. The fourth-order valence-corrected chi connectivity index (χ4v) is 1.09. The molecule has 0 rings (SSSR count). The molecule has 5 heteroatoms. The number of unbranched alkanes of at least 4 members (excludes halogenated alkanes) is 5. The minimum atomic E-state index is -0.108. The van der Waals surface area contributed by atoms with Gasteiger partial charge in [0.2, 0.25) is 0 Å². The Balaban J connectivity index is -0.000000167. The first-order valence-electron chi connectivity index (χ1n) is 4.57. The molecule has 0 aliphatic heterocycles. The van der Waals surface area contributed by atoms with E-state index in [1.165, 1.54) is 32.1 Å². The van der Waals surface area contributed by atoms with E-state index in [0.29, 0.717) is 0 Å². The normalized spacial score (nSPS) is 8.57. The molecule has 0 saturated carbocycles. The molecule has 4 nitrogen and oxygen atoms in total. The largest absolute Gasteiger partial charge is 0.693 e. The average Bonchev–Trinajstić information content (AvgIpc) is 1.96. The summed E-state index contributed by atoms with van der Waals surface area (Å²) in [7, 11) is 0. The molecule has 0 unspecified atom stereocenters. The quantitative estimate of drug-likeness (QED) is 0.398. The summed E-state index contributed by atoms with van der Waals surface area (Å²) in [4.78, 5) is 0. The van der Waals surface area contributed by atoms with Crippen molar-refractivity contribution in [2.45, 2.75) is 51.1 Å². The van der Waals surface area contributed by atoms with Gasteiger partial charge >= 0.3 is 0 Å². The Labute approximate surface area is 103 Å². The van der Waals surface area contributed by atoms with Crippen LogP contribution in [0, 0.1) is 6.92 Å². The van der Waals surface area contributed by atoms with Crippen LogP contribution in [0.4, 0.5) is 0 Å². The van der Waals surface area contributed by atoms with Gasteiger partial charge in [-0.15, -0.1) is 0 Å². The van der Waals surface area contributed by atoms with Crippen molar-refractivity contribution in [3.05, 3.63) is 19.2 Å². The molecule has 0 saturated heterocycles. The van der Waals surface area contributed by atoms with Gasteiger partial charge in [-0.2, -0.15) is 6.42 Å². The first kappa shape index (κ1) is 24.0. The third kappa shape index (κ3) is 22.9. The molecule has 0 aliphatic carbocycles. The maximum atomic E-state index is 5.40. The molecule has 0 aromatic carbocycles. The molecular weight excluding hydrogens is 359 g/mol. The molecule has 0 heterocycles. The number of hydrogen-bond acceptors (Lipinski definition) is 2. The van der Waals surface area contributed by atoms with Crippen molar-refractivity contribution in [3.63, 3.8) is 0 Å². The summed E-state index contributed by atoms with van der Waals surface area (Å²) in [6.45, 7) is 3.79. The molecule has 0 aromatic rings. The predicted molar refractivity (Wildman–Crippen MR) is 60.4 cm³/mol. The smallest absolute Gasteiger partial charge is 0.0520 e. The number of rotatable bonds is 7. The summed E-state index contributed by atoms with van der Waals surface area (Å²) < 4.78 is 0. The zero-order valence-electron chi connectivity index (χ0n) is 8.86. The van der Waals surface area contributed by atoms with Crippen LogP contribution in [0.25, 0.3) is 12.3 Å². The zero-order valence-corrected chi connectivity index (χ0v) is 11.1. The molecule has 0 amide bonds. The van der Waals surface area contributed by atoms with Gasteiger partial charge in [-0.25, -0.2) is 0 Å². The van der Waals surface area contributed by atoms with Crippen molar-refractivity contribution in [2.75, 3.05) is 0 Å². The molecular formula is C9H25N4Pt-3. The van der Waals surface area contributed by atoms with E-state index in [9.17, 15) is 0 Å². The van der Waals surface area contributed by atoms with Crippen LogP contribution in [0.15, 0.2) is 0 Å². The zero-order chi connectivity index (χ0) is 8.53. The molecule has 0 bridgehead atoms. The van der Waals surface area contributed by atoms with Crippen LogP contribution in [0.2, 0.25) is 0 Å². The van der Waals surface area contributed by atoms with Crippen LogP contribution in [0.1, 0.15) is 44.9 Å². The maximum Gasteiger partial charge on any atom is 0.0520 e. The molecule has 0 spiro atoms. The van der Waals surface area contributed by atoms with Crippen LogP contribution in [-0.2, 0) is 21.1 Å². The molecule has 14 heavy (non-hydrogen) atoms. The van der Waals surface area contributed by atoms with Gasteiger partial charge in [-0.3, -0.25) is 0 Å². The van der Waals surface area contributed by atoms with E-state index in [2.05, 4.69) is 6.92 Å². The van der Waals surface area contributed by atoms with Gasteiger partial charge in [0.05, 0.1) is 6.17 Å². The topological polar surface area (TPSA) is 119 Å². The fourth-order valence-electron chi connectivity index (χ4n) is 1.09. The van der Waals surface area contributed by atoms with Crippen molar-refractivity contribution in [1.82, 2.24) is 0 Å². The summed E-state index contributed by atoms with van der Waals surface area (Å²) in [5.74, 6) is 0. The van der Waals surface area contributed by atoms with Crippen molar-refractivity contribution in [3.8, 4) is 0 Å². The van der Waals surface area contributed by atoms with Crippen LogP contribution in [-0.4, -0.2) is 6.17 Å². The van der Waals surface area contributed by atoms with E-state index in [1.54, 1.807) is 0 Å². The fraction of sp³-hybridized carbons (Fsp3) is 0.889. The number of hydrogen-bond donors (Lipinski definition) is 2. The van der Waals surface area contributed by atoms with Crippen molar-refractivity contribution in [2.24, 2.45) is 11.5 Å². The molecule has 0 aromatic heterocycles. The molecule has 0 fully saturated rings. The molecule has 0 atom stereocenters.